The summed E-state index contributed by atoms with van der Waals surface area (Å²) in [5.41, 5.74) is 14.5. The Labute approximate surface area is 199 Å². The number of primary amides is 1. The van der Waals surface area contributed by atoms with E-state index in [1.54, 1.807) is 16.9 Å². The van der Waals surface area contributed by atoms with Gasteiger partial charge in [0.05, 0.1) is 11.9 Å². The summed E-state index contributed by atoms with van der Waals surface area (Å²) in [5, 5.41) is 4.34. The lowest BCUT2D eigenvalue weighted by molar-refractivity contribution is 0.0775. The van der Waals surface area contributed by atoms with E-state index in [1.807, 2.05) is 53.4 Å². The zero-order chi connectivity index (χ0) is 23.7. The second kappa shape index (κ2) is 9.30. The number of amides is 2. The van der Waals surface area contributed by atoms with Crippen LogP contribution in [0.4, 0.5) is 5.82 Å². The van der Waals surface area contributed by atoms with E-state index in [0.29, 0.717) is 28.8 Å². The molecule has 2 atom stereocenters. The van der Waals surface area contributed by atoms with Gasteiger partial charge >= 0.3 is 0 Å². The molecular formula is C26H29N6O2. The van der Waals surface area contributed by atoms with Crippen LogP contribution in [0.25, 0.3) is 5.69 Å². The summed E-state index contributed by atoms with van der Waals surface area (Å²) in [5.74, 6) is 0.862. The molecule has 8 nitrogen and oxygen atoms in total. The number of likely N-dealkylation sites (tertiary alicyclic amines) is 2. The third-order valence-corrected chi connectivity index (χ3v) is 6.92. The number of hydrogen-bond acceptors (Lipinski definition) is 5. The molecule has 3 aromatic rings. The van der Waals surface area contributed by atoms with Gasteiger partial charge in [0.2, 0.25) is 5.91 Å². The third-order valence-electron chi connectivity index (χ3n) is 6.92. The molecule has 4 N–H and O–H groups in total. The molecular weight excluding hydrogens is 428 g/mol. The van der Waals surface area contributed by atoms with Crippen LogP contribution in [0.3, 0.4) is 0 Å². The molecule has 0 spiro atoms. The number of nitrogens with two attached hydrogens (primary N) is 2. The van der Waals surface area contributed by atoms with Crippen molar-refractivity contribution in [3.63, 3.8) is 0 Å². The Kier molecular flexibility index (Phi) is 6.06. The van der Waals surface area contributed by atoms with Crippen molar-refractivity contribution in [2.45, 2.75) is 6.42 Å². The van der Waals surface area contributed by atoms with Crippen LogP contribution < -0.4 is 11.5 Å². The lowest BCUT2D eigenvalue weighted by Crippen LogP contribution is -2.33. The van der Waals surface area contributed by atoms with E-state index in [4.69, 9.17) is 11.5 Å². The second-order valence-corrected chi connectivity index (χ2v) is 9.13. The lowest BCUT2D eigenvalue weighted by Gasteiger charge is -2.21. The van der Waals surface area contributed by atoms with E-state index >= 15 is 0 Å². The predicted molar refractivity (Wildman–Crippen MR) is 130 cm³/mol. The van der Waals surface area contributed by atoms with Crippen LogP contribution in [-0.4, -0.2) is 64.1 Å². The number of aromatic nitrogens is 2. The first-order chi connectivity index (χ1) is 16.5. The highest BCUT2D eigenvalue weighted by Gasteiger charge is 2.42. The first-order valence-electron chi connectivity index (χ1n) is 11.6. The Morgan fingerprint density at radius 3 is 2.32 bits per heavy atom. The Bertz CT molecular complexity index is 1180. The van der Waals surface area contributed by atoms with Gasteiger partial charge < -0.3 is 21.3 Å². The van der Waals surface area contributed by atoms with Crippen LogP contribution >= 0.6 is 0 Å². The number of benzene rings is 2. The number of nitrogens with zero attached hydrogens (tertiary/aromatic N) is 4. The Balaban J connectivity index is 1.14. The van der Waals surface area contributed by atoms with Crippen molar-refractivity contribution in [3.8, 4) is 5.69 Å². The van der Waals surface area contributed by atoms with Crippen LogP contribution in [0.2, 0.25) is 0 Å². The highest BCUT2D eigenvalue weighted by atomic mass is 16.2. The third kappa shape index (κ3) is 4.28. The molecule has 2 fully saturated rings. The van der Waals surface area contributed by atoms with Gasteiger partial charge in [-0.3, -0.25) is 9.59 Å². The predicted octanol–water partition coefficient (Wildman–Crippen LogP) is 2.20. The molecule has 8 heteroatoms. The molecule has 2 aliphatic rings. The van der Waals surface area contributed by atoms with Crippen LogP contribution in [0.1, 0.15) is 32.7 Å². The summed E-state index contributed by atoms with van der Waals surface area (Å²) in [7, 11) is 0. The number of fused-ring (bicyclic) bond motifs is 1. The van der Waals surface area contributed by atoms with Gasteiger partial charge in [-0.05, 0) is 55.0 Å². The van der Waals surface area contributed by atoms with Crippen molar-refractivity contribution in [2.24, 2.45) is 17.6 Å². The monoisotopic (exact) mass is 457 g/mol. The molecule has 2 amide bonds. The highest BCUT2D eigenvalue weighted by Crippen LogP contribution is 2.33. The van der Waals surface area contributed by atoms with E-state index in [1.165, 1.54) is 0 Å². The van der Waals surface area contributed by atoms with Crippen LogP contribution in [-0.2, 0) is 0 Å². The maximum absolute atomic E-state index is 13.2. The lowest BCUT2D eigenvalue weighted by atomic mass is 10.0. The second-order valence-electron chi connectivity index (χ2n) is 9.13. The molecule has 5 rings (SSSR count). The first kappa shape index (κ1) is 22.2. The molecule has 0 aliphatic carbocycles. The van der Waals surface area contributed by atoms with Crippen molar-refractivity contribution in [1.29, 1.82) is 0 Å². The Morgan fingerprint density at radius 1 is 0.941 bits per heavy atom. The SMILES string of the molecule is NC(=O)c1ccccc1[CH]CCN1CC2CN(C(=O)c3cnn(-c4ccccc4)c3N)C[C@@H]2C1. The number of carbonyl (C=O) groups excluding carboxylic acids is 2. The fraction of sp³-hybridized carbons (Fsp3) is 0.308. The van der Waals surface area contributed by atoms with Crippen LogP contribution in [0.15, 0.2) is 60.8 Å². The highest BCUT2D eigenvalue weighted by molar-refractivity contribution is 5.98. The first-order valence-corrected chi connectivity index (χ1v) is 11.6. The number of hydrogen-bond donors (Lipinski definition) is 2. The molecule has 2 saturated heterocycles. The van der Waals surface area contributed by atoms with E-state index in [-0.39, 0.29) is 5.91 Å². The number of anilines is 1. The van der Waals surface area contributed by atoms with Gasteiger partial charge in [-0.1, -0.05) is 36.4 Å². The molecule has 3 heterocycles. The number of carbonyl (C=O) groups is 2. The van der Waals surface area contributed by atoms with Crippen molar-refractivity contribution in [1.82, 2.24) is 19.6 Å². The van der Waals surface area contributed by atoms with Crippen LogP contribution in [0, 0.1) is 18.3 Å². The van der Waals surface area contributed by atoms with E-state index in [0.717, 1.165) is 50.4 Å². The molecule has 1 unspecified atom stereocenters. The van der Waals surface area contributed by atoms with E-state index < -0.39 is 5.91 Å². The summed E-state index contributed by atoms with van der Waals surface area (Å²) >= 11 is 0. The minimum atomic E-state index is -0.401. The number of rotatable bonds is 7. The van der Waals surface area contributed by atoms with Crippen molar-refractivity contribution in [3.05, 3.63) is 83.9 Å². The summed E-state index contributed by atoms with van der Waals surface area (Å²) in [6.45, 7) is 4.34. The summed E-state index contributed by atoms with van der Waals surface area (Å²) in [6, 6.07) is 17.0. The van der Waals surface area contributed by atoms with Gasteiger partial charge in [-0.15, -0.1) is 0 Å². The molecule has 0 saturated carbocycles. The van der Waals surface area contributed by atoms with Crippen molar-refractivity contribution < 1.29 is 9.59 Å². The average Bonchev–Trinajstić information content (AvgIpc) is 3.52. The van der Waals surface area contributed by atoms with Gasteiger partial charge in [0.25, 0.3) is 5.91 Å². The van der Waals surface area contributed by atoms with E-state index in [9.17, 15) is 9.59 Å². The van der Waals surface area contributed by atoms with Crippen LogP contribution in [0.5, 0.6) is 0 Å². The fourth-order valence-electron chi connectivity index (χ4n) is 5.21. The fourth-order valence-corrected chi connectivity index (χ4v) is 5.21. The van der Waals surface area contributed by atoms with Crippen molar-refractivity contribution in [2.75, 3.05) is 38.5 Å². The number of para-hydroxylation sites is 1. The summed E-state index contributed by atoms with van der Waals surface area (Å²) < 4.78 is 1.61. The zero-order valence-electron chi connectivity index (χ0n) is 19.0. The quantitative estimate of drug-likeness (QED) is 0.565. The molecule has 34 heavy (non-hydrogen) atoms. The minimum absolute atomic E-state index is 0.0444. The molecule has 2 aromatic carbocycles. The average molecular weight is 458 g/mol. The van der Waals surface area contributed by atoms with Crippen molar-refractivity contribution >= 4 is 17.6 Å². The topological polar surface area (TPSA) is 110 Å². The standard InChI is InChI=1S/C26H29N6O2/c27-24-23(13-29-32(24)21-9-2-1-3-10-21)26(34)31-16-19-14-30(15-20(19)17-31)12-6-8-18-7-4-5-11-22(18)25(28)33/h1-5,7-11,13,19-20H,6,12,14-17,27H2,(H2,28,33)/t19-,20?/m0/s1. The zero-order valence-corrected chi connectivity index (χ0v) is 19.0. The molecule has 2 aliphatic heterocycles. The normalized spacial score (nSPS) is 19.9. The van der Waals surface area contributed by atoms with E-state index in [2.05, 4.69) is 16.4 Å². The van der Waals surface area contributed by atoms with Gasteiger partial charge in [0.1, 0.15) is 11.4 Å². The van der Waals surface area contributed by atoms with Gasteiger partial charge in [0.15, 0.2) is 0 Å². The summed E-state index contributed by atoms with van der Waals surface area (Å²) in [4.78, 5) is 29.1. The maximum Gasteiger partial charge on any atom is 0.259 e. The number of nitrogen functional groups attached to an aromatic ring is 1. The maximum atomic E-state index is 13.2. The molecule has 1 radical (unpaired) electrons. The molecule has 0 bridgehead atoms. The summed E-state index contributed by atoms with van der Waals surface area (Å²) in [6.07, 6.45) is 4.50. The Morgan fingerprint density at radius 2 is 1.62 bits per heavy atom. The van der Waals surface area contributed by atoms with Gasteiger partial charge in [-0.2, -0.15) is 5.10 Å². The molecule has 175 valence electrons. The Hall–Kier alpha value is -3.65. The van der Waals surface area contributed by atoms with Gasteiger partial charge in [-0.25, -0.2) is 4.68 Å². The largest absolute Gasteiger partial charge is 0.383 e. The smallest absolute Gasteiger partial charge is 0.259 e. The molecule has 1 aromatic heterocycles. The minimum Gasteiger partial charge on any atom is -0.383 e. The van der Waals surface area contributed by atoms with Gasteiger partial charge in [0, 0.05) is 31.7 Å².